The van der Waals surface area contributed by atoms with Crippen LogP contribution in [0.4, 0.5) is 0 Å². The molecule has 0 saturated heterocycles. The van der Waals surface area contributed by atoms with E-state index in [1.165, 1.54) is 0 Å². The summed E-state index contributed by atoms with van der Waals surface area (Å²) in [6.45, 7) is 8.10. The second kappa shape index (κ2) is 6.41. The van der Waals surface area contributed by atoms with Crippen LogP contribution in [0.3, 0.4) is 0 Å². The van der Waals surface area contributed by atoms with Crippen LogP contribution in [0.1, 0.15) is 59.8 Å². The first-order valence-corrected chi connectivity index (χ1v) is 5.94. The third-order valence-electron chi connectivity index (χ3n) is 3.51. The van der Waals surface area contributed by atoms with Gasteiger partial charge in [-0.25, -0.2) is 0 Å². The number of aliphatic hydroxyl groups excluding tert-OH is 1. The summed E-state index contributed by atoms with van der Waals surface area (Å²) in [7, 11) is 0. The molecule has 0 aromatic heterocycles. The van der Waals surface area contributed by atoms with Crippen molar-refractivity contribution in [1.82, 2.24) is 0 Å². The highest BCUT2D eigenvalue weighted by Crippen LogP contribution is 2.31. The molecule has 2 N–H and O–H groups in total. The van der Waals surface area contributed by atoms with Crippen LogP contribution in [0, 0.1) is 5.92 Å². The van der Waals surface area contributed by atoms with Crippen molar-refractivity contribution in [3.8, 4) is 0 Å². The minimum Gasteiger partial charge on any atom is -0.393 e. The summed E-state index contributed by atoms with van der Waals surface area (Å²) in [5, 5.41) is 19.9. The van der Waals surface area contributed by atoms with Crippen LogP contribution >= 0.6 is 0 Å². The molecule has 0 radical (unpaired) electrons. The van der Waals surface area contributed by atoms with Gasteiger partial charge in [0.1, 0.15) is 0 Å². The Balaban J connectivity index is 4.36. The van der Waals surface area contributed by atoms with Crippen LogP contribution in [0.2, 0.25) is 0 Å². The molecule has 0 aliphatic heterocycles. The zero-order valence-corrected chi connectivity index (χ0v) is 10.1. The van der Waals surface area contributed by atoms with Crippen LogP contribution in [0.25, 0.3) is 0 Å². The van der Waals surface area contributed by atoms with Gasteiger partial charge in [-0.15, -0.1) is 0 Å². The zero-order chi connectivity index (χ0) is 11.2. The van der Waals surface area contributed by atoms with Crippen molar-refractivity contribution < 1.29 is 10.2 Å². The molecule has 2 nitrogen and oxygen atoms in total. The summed E-state index contributed by atoms with van der Waals surface area (Å²) >= 11 is 0. The third-order valence-corrected chi connectivity index (χ3v) is 3.51. The Bertz CT molecular complexity index is 141. The fourth-order valence-corrected chi connectivity index (χ4v) is 2.09. The van der Waals surface area contributed by atoms with Crippen LogP contribution in [-0.4, -0.2) is 21.9 Å². The van der Waals surface area contributed by atoms with Crippen LogP contribution in [0.15, 0.2) is 0 Å². The van der Waals surface area contributed by atoms with E-state index in [9.17, 15) is 10.2 Å². The number of aliphatic hydroxyl groups is 2. The van der Waals surface area contributed by atoms with E-state index in [-0.39, 0.29) is 12.0 Å². The molecule has 0 bridgehead atoms. The fourth-order valence-electron chi connectivity index (χ4n) is 2.09. The molecule has 0 amide bonds. The molecule has 0 aromatic rings. The van der Waals surface area contributed by atoms with Gasteiger partial charge >= 0.3 is 0 Å². The molecule has 2 heteroatoms. The monoisotopic (exact) mass is 202 g/mol. The number of hydrogen-bond acceptors (Lipinski definition) is 2. The van der Waals surface area contributed by atoms with Crippen molar-refractivity contribution in [2.45, 2.75) is 71.5 Å². The minimum absolute atomic E-state index is 0.229. The molecule has 0 aromatic carbocycles. The van der Waals surface area contributed by atoms with Gasteiger partial charge in [0.15, 0.2) is 0 Å². The van der Waals surface area contributed by atoms with Gasteiger partial charge in [-0.3, -0.25) is 0 Å². The van der Waals surface area contributed by atoms with E-state index in [2.05, 4.69) is 6.92 Å². The average Bonchev–Trinajstić information content (AvgIpc) is 2.24. The maximum Gasteiger partial charge on any atom is 0.0671 e. The highest BCUT2D eigenvalue weighted by Gasteiger charge is 2.32. The maximum absolute atomic E-state index is 10.3. The van der Waals surface area contributed by atoms with Crippen molar-refractivity contribution in [3.63, 3.8) is 0 Å². The first-order chi connectivity index (χ1) is 6.53. The second-order valence-electron chi connectivity index (χ2n) is 4.21. The van der Waals surface area contributed by atoms with Crippen LogP contribution in [-0.2, 0) is 0 Å². The van der Waals surface area contributed by atoms with E-state index in [1.807, 2.05) is 20.8 Å². The first-order valence-electron chi connectivity index (χ1n) is 5.94. The smallest absolute Gasteiger partial charge is 0.0671 e. The van der Waals surface area contributed by atoms with Crippen molar-refractivity contribution in [2.75, 3.05) is 0 Å². The molecular formula is C12H26O2. The molecule has 14 heavy (non-hydrogen) atoms. The first kappa shape index (κ1) is 13.9. The summed E-state index contributed by atoms with van der Waals surface area (Å²) in [5.74, 6) is 0.229. The van der Waals surface area contributed by atoms with E-state index in [0.29, 0.717) is 0 Å². The van der Waals surface area contributed by atoms with Crippen LogP contribution < -0.4 is 0 Å². The normalized spacial score (nSPS) is 16.7. The van der Waals surface area contributed by atoms with Crippen molar-refractivity contribution in [2.24, 2.45) is 5.92 Å². The van der Waals surface area contributed by atoms with Crippen molar-refractivity contribution in [1.29, 1.82) is 0 Å². The predicted octanol–water partition coefficient (Wildman–Crippen LogP) is 2.72. The molecular weight excluding hydrogens is 176 g/mol. The molecule has 2 unspecified atom stereocenters. The van der Waals surface area contributed by atoms with Crippen LogP contribution in [0.5, 0.6) is 0 Å². The summed E-state index contributed by atoms with van der Waals surface area (Å²) in [5.41, 5.74) is -0.578. The fraction of sp³-hybridized carbons (Fsp3) is 1.00. The molecule has 86 valence electrons. The van der Waals surface area contributed by atoms with Crippen molar-refractivity contribution >= 4 is 0 Å². The van der Waals surface area contributed by atoms with Crippen molar-refractivity contribution in [3.05, 3.63) is 0 Å². The molecule has 0 aliphatic carbocycles. The highest BCUT2D eigenvalue weighted by molar-refractivity contribution is 4.84. The third kappa shape index (κ3) is 3.58. The van der Waals surface area contributed by atoms with Gasteiger partial charge in [-0.2, -0.15) is 0 Å². The van der Waals surface area contributed by atoms with Gasteiger partial charge in [-0.1, -0.05) is 34.1 Å². The SMILES string of the molecule is CCC(O)CC(CC)C(O)(CC)CC. The lowest BCUT2D eigenvalue weighted by molar-refractivity contribution is -0.0456. The zero-order valence-electron chi connectivity index (χ0n) is 10.1. The lowest BCUT2D eigenvalue weighted by Gasteiger charge is -2.35. The van der Waals surface area contributed by atoms with Gasteiger partial charge in [0, 0.05) is 0 Å². The minimum atomic E-state index is -0.578. The largest absolute Gasteiger partial charge is 0.393 e. The molecule has 0 saturated carbocycles. The second-order valence-corrected chi connectivity index (χ2v) is 4.21. The topological polar surface area (TPSA) is 40.5 Å². The average molecular weight is 202 g/mol. The lowest BCUT2D eigenvalue weighted by atomic mass is 9.78. The summed E-state index contributed by atoms with van der Waals surface area (Å²) in [4.78, 5) is 0. The Morgan fingerprint density at radius 2 is 1.50 bits per heavy atom. The molecule has 0 fully saturated rings. The Labute approximate surface area is 88.3 Å². The Kier molecular flexibility index (Phi) is 6.38. The summed E-state index contributed by atoms with van der Waals surface area (Å²) < 4.78 is 0. The standard InChI is InChI=1S/C12H26O2/c1-5-10(9-11(13)6-2)12(14,7-3)8-4/h10-11,13-14H,5-9H2,1-4H3. The molecule has 0 aliphatic rings. The summed E-state index contributed by atoms with van der Waals surface area (Å²) in [6, 6.07) is 0. The number of hydrogen-bond donors (Lipinski definition) is 2. The van der Waals surface area contributed by atoms with E-state index in [4.69, 9.17) is 0 Å². The molecule has 0 heterocycles. The predicted molar refractivity (Wildman–Crippen MR) is 60.2 cm³/mol. The Morgan fingerprint density at radius 3 is 1.79 bits per heavy atom. The van der Waals surface area contributed by atoms with Gasteiger partial charge in [0.25, 0.3) is 0 Å². The lowest BCUT2D eigenvalue weighted by Crippen LogP contribution is -2.38. The maximum atomic E-state index is 10.3. The van der Waals surface area contributed by atoms with E-state index in [1.54, 1.807) is 0 Å². The molecule has 0 rings (SSSR count). The van der Waals surface area contributed by atoms with Gasteiger partial charge in [0.2, 0.25) is 0 Å². The quantitative estimate of drug-likeness (QED) is 0.666. The van der Waals surface area contributed by atoms with Gasteiger partial charge < -0.3 is 10.2 Å². The molecule has 2 atom stereocenters. The molecule has 0 spiro atoms. The Morgan fingerprint density at radius 1 is 1.00 bits per heavy atom. The van der Waals surface area contributed by atoms with Gasteiger partial charge in [0.05, 0.1) is 11.7 Å². The number of rotatable bonds is 7. The Hall–Kier alpha value is -0.0800. The van der Waals surface area contributed by atoms with E-state index in [0.717, 1.165) is 32.1 Å². The summed E-state index contributed by atoms with van der Waals surface area (Å²) in [6.07, 6.45) is 3.74. The van der Waals surface area contributed by atoms with E-state index < -0.39 is 5.60 Å². The van der Waals surface area contributed by atoms with E-state index >= 15 is 0 Å². The highest BCUT2D eigenvalue weighted by atomic mass is 16.3. The van der Waals surface area contributed by atoms with Gasteiger partial charge in [-0.05, 0) is 31.6 Å².